The number of carbonyl (C=O) groups is 2. The van der Waals surface area contributed by atoms with Gasteiger partial charge in [-0.3, -0.25) is 4.79 Å². The van der Waals surface area contributed by atoms with Crippen LogP contribution in [0.1, 0.15) is 24.2 Å². The Morgan fingerprint density at radius 3 is 2.54 bits per heavy atom. The normalized spacial score (nSPS) is 11.3. The number of hydrogen-bond donors (Lipinski definition) is 1. The van der Waals surface area contributed by atoms with Gasteiger partial charge < -0.3 is 24.3 Å². The van der Waals surface area contributed by atoms with E-state index in [1.807, 2.05) is 0 Å². The number of esters is 1. The summed E-state index contributed by atoms with van der Waals surface area (Å²) in [6.45, 7) is 3.67. The SMILES string of the molecule is CCOc1c(Cl)cc(C(=O)O[C@H](C)C(=O)Nc2cccc(OC)c2)cc1OC. The van der Waals surface area contributed by atoms with Crippen molar-refractivity contribution >= 4 is 29.2 Å². The Morgan fingerprint density at radius 2 is 1.89 bits per heavy atom. The van der Waals surface area contributed by atoms with E-state index < -0.39 is 18.0 Å². The lowest BCUT2D eigenvalue weighted by atomic mass is 10.2. The molecule has 0 aromatic heterocycles. The van der Waals surface area contributed by atoms with Gasteiger partial charge in [0.25, 0.3) is 5.91 Å². The van der Waals surface area contributed by atoms with E-state index in [9.17, 15) is 9.59 Å². The molecule has 1 atom stereocenters. The molecule has 0 fully saturated rings. The molecule has 0 aliphatic heterocycles. The van der Waals surface area contributed by atoms with Gasteiger partial charge in [-0.05, 0) is 38.1 Å². The molecule has 0 aliphatic carbocycles. The van der Waals surface area contributed by atoms with Gasteiger partial charge in [-0.25, -0.2) is 4.79 Å². The van der Waals surface area contributed by atoms with Crippen molar-refractivity contribution in [3.05, 3.63) is 47.0 Å². The molecule has 0 bridgehead atoms. The van der Waals surface area contributed by atoms with E-state index in [4.69, 9.17) is 30.5 Å². The maximum atomic E-state index is 12.4. The van der Waals surface area contributed by atoms with E-state index >= 15 is 0 Å². The quantitative estimate of drug-likeness (QED) is 0.667. The van der Waals surface area contributed by atoms with Gasteiger partial charge >= 0.3 is 5.97 Å². The molecule has 0 radical (unpaired) electrons. The summed E-state index contributed by atoms with van der Waals surface area (Å²) in [6.07, 6.45) is -1.03. The van der Waals surface area contributed by atoms with Crippen LogP contribution in [0.4, 0.5) is 5.69 Å². The average molecular weight is 408 g/mol. The van der Waals surface area contributed by atoms with Crippen LogP contribution in [0.3, 0.4) is 0 Å². The molecule has 2 rings (SSSR count). The number of hydrogen-bond acceptors (Lipinski definition) is 6. The molecule has 8 heteroatoms. The minimum absolute atomic E-state index is 0.145. The molecule has 1 N–H and O–H groups in total. The molecule has 2 aromatic rings. The van der Waals surface area contributed by atoms with E-state index in [-0.39, 0.29) is 10.6 Å². The van der Waals surface area contributed by atoms with Crippen molar-refractivity contribution in [2.75, 3.05) is 26.1 Å². The van der Waals surface area contributed by atoms with Crippen molar-refractivity contribution in [1.29, 1.82) is 0 Å². The Bertz CT molecular complexity index is 855. The summed E-state index contributed by atoms with van der Waals surface area (Å²) in [5, 5.41) is 2.88. The van der Waals surface area contributed by atoms with Crippen LogP contribution in [0.15, 0.2) is 36.4 Å². The molecule has 0 aliphatic rings. The van der Waals surface area contributed by atoms with Gasteiger partial charge in [0.15, 0.2) is 17.6 Å². The zero-order chi connectivity index (χ0) is 20.7. The number of rotatable bonds is 8. The van der Waals surface area contributed by atoms with Gasteiger partial charge in [0.2, 0.25) is 0 Å². The first kappa shape index (κ1) is 21.4. The predicted molar refractivity (Wildman–Crippen MR) is 106 cm³/mol. The van der Waals surface area contributed by atoms with Crippen molar-refractivity contribution in [3.8, 4) is 17.2 Å². The Labute approximate surface area is 168 Å². The molecular formula is C20H22ClNO6. The molecule has 0 spiro atoms. The number of amides is 1. The molecule has 1 amide bonds. The molecule has 0 heterocycles. The van der Waals surface area contributed by atoms with E-state index in [1.54, 1.807) is 31.2 Å². The fourth-order valence-corrected chi connectivity index (χ4v) is 2.61. The maximum Gasteiger partial charge on any atom is 0.339 e. The van der Waals surface area contributed by atoms with E-state index in [1.165, 1.54) is 33.3 Å². The molecule has 0 saturated carbocycles. The summed E-state index contributed by atoms with van der Waals surface area (Å²) in [5.41, 5.74) is 0.671. The highest BCUT2D eigenvalue weighted by Gasteiger charge is 2.22. The topological polar surface area (TPSA) is 83.1 Å². The van der Waals surface area contributed by atoms with Gasteiger partial charge in [-0.1, -0.05) is 17.7 Å². The standard InChI is InChI=1S/C20H22ClNO6/c1-5-27-18-16(21)9-13(10-17(18)26-4)20(24)28-12(2)19(23)22-14-7-6-8-15(11-14)25-3/h6-12H,5H2,1-4H3,(H,22,23)/t12-/m1/s1. The average Bonchev–Trinajstić information content (AvgIpc) is 2.69. The first-order valence-electron chi connectivity index (χ1n) is 8.55. The second kappa shape index (κ2) is 9.85. The lowest BCUT2D eigenvalue weighted by Gasteiger charge is -2.16. The monoisotopic (exact) mass is 407 g/mol. The smallest absolute Gasteiger partial charge is 0.339 e. The number of ether oxygens (including phenoxy) is 4. The molecule has 7 nitrogen and oxygen atoms in total. The van der Waals surface area contributed by atoms with Gasteiger partial charge in [-0.15, -0.1) is 0 Å². The second-order valence-corrected chi connectivity index (χ2v) is 6.10. The Balaban J connectivity index is 2.08. The third-order valence-corrected chi connectivity index (χ3v) is 4.02. The number of methoxy groups -OCH3 is 2. The van der Waals surface area contributed by atoms with Gasteiger partial charge in [-0.2, -0.15) is 0 Å². The van der Waals surface area contributed by atoms with E-state index in [0.29, 0.717) is 29.5 Å². The summed E-state index contributed by atoms with van der Waals surface area (Å²) < 4.78 is 21.0. The number of benzene rings is 2. The van der Waals surface area contributed by atoms with Crippen molar-refractivity contribution < 1.29 is 28.5 Å². The minimum atomic E-state index is -1.03. The zero-order valence-electron chi connectivity index (χ0n) is 16.1. The lowest BCUT2D eigenvalue weighted by Crippen LogP contribution is -2.30. The second-order valence-electron chi connectivity index (χ2n) is 5.69. The molecule has 28 heavy (non-hydrogen) atoms. The van der Waals surface area contributed by atoms with Crippen LogP contribution in [-0.4, -0.2) is 38.8 Å². The number of anilines is 1. The highest BCUT2D eigenvalue weighted by Crippen LogP contribution is 2.36. The maximum absolute atomic E-state index is 12.4. The summed E-state index contributed by atoms with van der Waals surface area (Å²) in [6, 6.07) is 9.70. The van der Waals surface area contributed by atoms with Crippen molar-refractivity contribution in [3.63, 3.8) is 0 Å². The third-order valence-electron chi connectivity index (χ3n) is 3.74. The first-order valence-corrected chi connectivity index (χ1v) is 8.93. The lowest BCUT2D eigenvalue weighted by molar-refractivity contribution is -0.123. The van der Waals surface area contributed by atoms with Crippen molar-refractivity contribution in [2.24, 2.45) is 0 Å². The third kappa shape index (κ3) is 5.29. The number of carbonyl (C=O) groups excluding carboxylic acids is 2. The van der Waals surface area contributed by atoms with Crippen LogP contribution in [0.5, 0.6) is 17.2 Å². The Morgan fingerprint density at radius 1 is 1.14 bits per heavy atom. The fourth-order valence-electron chi connectivity index (χ4n) is 2.35. The predicted octanol–water partition coefficient (Wildman–Crippen LogP) is 3.94. The number of halogens is 1. The fraction of sp³-hybridized carbons (Fsp3) is 0.300. The van der Waals surface area contributed by atoms with Gasteiger partial charge in [0, 0.05) is 11.8 Å². The van der Waals surface area contributed by atoms with Gasteiger partial charge in [0.05, 0.1) is 31.4 Å². The molecule has 0 unspecified atom stereocenters. The minimum Gasteiger partial charge on any atom is -0.497 e. The molecule has 0 saturated heterocycles. The van der Waals surface area contributed by atoms with Gasteiger partial charge in [0.1, 0.15) is 5.75 Å². The van der Waals surface area contributed by atoms with Crippen LogP contribution in [0.2, 0.25) is 5.02 Å². The Hall–Kier alpha value is -2.93. The zero-order valence-corrected chi connectivity index (χ0v) is 16.8. The van der Waals surface area contributed by atoms with Crippen LogP contribution >= 0.6 is 11.6 Å². The molecule has 2 aromatic carbocycles. The van der Waals surface area contributed by atoms with Crippen LogP contribution in [0, 0.1) is 0 Å². The van der Waals surface area contributed by atoms with Crippen LogP contribution < -0.4 is 19.5 Å². The van der Waals surface area contributed by atoms with Crippen molar-refractivity contribution in [2.45, 2.75) is 20.0 Å². The van der Waals surface area contributed by atoms with Crippen molar-refractivity contribution in [1.82, 2.24) is 0 Å². The van der Waals surface area contributed by atoms with Crippen LogP contribution in [-0.2, 0) is 9.53 Å². The number of nitrogens with one attached hydrogen (secondary N) is 1. The molecular weight excluding hydrogens is 386 g/mol. The van der Waals surface area contributed by atoms with Crippen LogP contribution in [0.25, 0.3) is 0 Å². The highest BCUT2D eigenvalue weighted by atomic mass is 35.5. The van der Waals surface area contributed by atoms with E-state index in [0.717, 1.165) is 0 Å². The first-order chi connectivity index (χ1) is 13.4. The summed E-state index contributed by atoms with van der Waals surface area (Å²) in [5.74, 6) is 0.0440. The summed E-state index contributed by atoms with van der Waals surface area (Å²) in [7, 11) is 2.97. The Kier molecular flexibility index (Phi) is 7.52. The molecule has 150 valence electrons. The summed E-state index contributed by atoms with van der Waals surface area (Å²) >= 11 is 6.17. The highest BCUT2D eigenvalue weighted by molar-refractivity contribution is 6.32. The largest absolute Gasteiger partial charge is 0.497 e. The van der Waals surface area contributed by atoms with E-state index in [2.05, 4.69) is 5.32 Å². The summed E-state index contributed by atoms with van der Waals surface area (Å²) in [4.78, 5) is 24.7.